The van der Waals surface area contributed by atoms with Gasteiger partial charge in [-0.2, -0.15) is 0 Å². The fourth-order valence-corrected chi connectivity index (χ4v) is 2.73. The van der Waals surface area contributed by atoms with Crippen molar-refractivity contribution in [2.75, 3.05) is 0 Å². The molecule has 1 nitrogen and oxygen atoms in total. The molecule has 0 aliphatic heterocycles. The summed E-state index contributed by atoms with van der Waals surface area (Å²) in [5.74, 6) is 0. The molecule has 3 aromatic rings. The van der Waals surface area contributed by atoms with Crippen LogP contribution >= 0.6 is 11.3 Å². The fourth-order valence-electron chi connectivity index (χ4n) is 1.71. The van der Waals surface area contributed by atoms with Gasteiger partial charge in [0.05, 0.1) is 10.2 Å². The zero-order valence-corrected chi connectivity index (χ0v) is 9.50. The molecule has 0 unspecified atom stereocenters. The largest absolute Gasteiger partial charge is 0.236 e. The highest BCUT2D eigenvalue weighted by atomic mass is 32.1. The van der Waals surface area contributed by atoms with E-state index in [1.165, 1.54) is 10.3 Å². The van der Waals surface area contributed by atoms with Gasteiger partial charge in [-0.1, -0.05) is 42.5 Å². The van der Waals surface area contributed by atoms with Crippen LogP contribution in [0.2, 0.25) is 0 Å². The van der Waals surface area contributed by atoms with E-state index >= 15 is 0 Å². The molecule has 3 rings (SSSR count). The molecule has 0 saturated heterocycles. The lowest BCUT2D eigenvalue weighted by Crippen LogP contribution is -1.76. The Morgan fingerprint density at radius 3 is 2.50 bits per heavy atom. The first-order valence-corrected chi connectivity index (χ1v) is 5.93. The molecule has 0 fully saturated rings. The number of rotatable bonds is 1. The molecule has 1 aromatic heterocycles. The maximum absolute atomic E-state index is 4.64. The van der Waals surface area contributed by atoms with Crippen molar-refractivity contribution < 1.29 is 0 Å². The van der Waals surface area contributed by atoms with Gasteiger partial charge in [-0.3, -0.25) is 0 Å². The maximum Gasteiger partial charge on any atom is 0.124 e. The molecule has 0 saturated carbocycles. The van der Waals surface area contributed by atoms with E-state index in [4.69, 9.17) is 0 Å². The maximum atomic E-state index is 4.64. The minimum Gasteiger partial charge on any atom is -0.236 e. The topological polar surface area (TPSA) is 12.9 Å². The summed E-state index contributed by atoms with van der Waals surface area (Å²) in [7, 11) is 0. The first kappa shape index (κ1) is 9.55. The van der Waals surface area contributed by atoms with Crippen molar-refractivity contribution in [2.45, 2.75) is 0 Å². The highest BCUT2D eigenvalue weighted by Crippen LogP contribution is 2.31. The normalized spacial score (nSPS) is 10.8. The lowest BCUT2D eigenvalue weighted by atomic mass is 10.2. The molecule has 0 aliphatic rings. The molecule has 0 N–H and O–H groups in total. The van der Waals surface area contributed by atoms with Gasteiger partial charge in [0.15, 0.2) is 0 Å². The van der Waals surface area contributed by atoms with Crippen molar-refractivity contribution in [3.63, 3.8) is 0 Å². The second kappa shape index (κ2) is 3.72. The Morgan fingerprint density at radius 1 is 0.938 bits per heavy atom. The molecule has 1 heterocycles. The summed E-state index contributed by atoms with van der Waals surface area (Å²) in [6, 6.07) is 16.4. The lowest BCUT2D eigenvalue weighted by molar-refractivity contribution is 1.46. The molecule has 0 aliphatic carbocycles. The van der Waals surface area contributed by atoms with Crippen molar-refractivity contribution in [3.8, 4) is 10.6 Å². The number of para-hydroxylation sites is 1. The van der Waals surface area contributed by atoms with Crippen molar-refractivity contribution >= 4 is 21.6 Å². The predicted molar refractivity (Wildman–Crippen MR) is 69.5 cm³/mol. The van der Waals surface area contributed by atoms with Crippen LogP contribution in [0, 0.1) is 6.92 Å². The van der Waals surface area contributed by atoms with Gasteiger partial charge < -0.3 is 0 Å². The standard InChI is InChI=1S/C14H10NS/c1-10-6-5-9-12-13(10)15-14(16-12)11-7-3-2-4-8-11/h2-9H,1H2. The second-order valence-corrected chi connectivity index (χ2v) is 4.68. The predicted octanol–water partition coefficient (Wildman–Crippen LogP) is 4.15. The Labute approximate surface area is 98.4 Å². The number of benzene rings is 2. The smallest absolute Gasteiger partial charge is 0.124 e. The first-order valence-electron chi connectivity index (χ1n) is 5.11. The molecular weight excluding hydrogens is 214 g/mol. The van der Waals surface area contributed by atoms with E-state index in [0.717, 1.165) is 16.1 Å². The summed E-state index contributed by atoms with van der Waals surface area (Å²) in [6.45, 7) is 4.00. The highest BCUT2D eigenvalue weighted by Gasteiger charge is 2.06. The Bertz CT molecular complexity index is 626. The Kier molecular flexibility index (Phi) is 2.22. The van der Waals surface area contributed by atoms with Crippen LogP contribution in [0.15, 0.2) is 48.5 Å². The molecule has 77 valence electrons. The summed E-state index contributed by atoms with van der Waals surface area (Å²) in [5.41, 5.74) is 3.19. The quantitative estimate of drug-likeness (QED) is 0.605. The SMILES string of the molecule is [CH2]c1cccc2sc(-c3ccccc3)nc12. The van der Waals surface area contributed by atoms with E-state index in [1.807, 2.05) is 30.3 Å². The lowest BCUT2D eigenvalue weighted by Gasteiger charge is -1.92. The van der Waals surface area contributed by atoms with Crippen molar-refractivity contribution in [1.82, 2.24) is 4.98 Å². The third kappa shape index (κ3) is 1.51. The molecule has 0 spiro atoms. The zero-order valence-electron chi connectivity index (χ0n) is 8.68. The average molecular weight is 224 g/mol. The second-order valence-electron chi connectivity index (χ2n) is 3.65. The van der Waals surface area contributed by atoms with Crippen LogP contribution in [-0.2, 0) is 0 Å². The minimum atomic E-state index is 0.996. The van der Waals surface area contributed by atoms with Crippen LogP contribution in [0.25, 0.3) is 20.8 Å². The van der Waals surface area contributed by atoms with E-state index in [-0.39, 0.29) is 0 Å². The van der Waals surface area contributed by atoms with Crippen LogP contribution in [0.4, 0.5) is 0 Å². The molecule has 0 atom stereocenters. The number of nitrogens with zero attached hydrogens (tertiary/aromatic N) is 1. The van der Waals surface area contributed by atoms with Gasteiger partial charge in [-0.25, -0.2) is 4.98 Å². The molecule has 0 amide bonds. The average Bonchev–Trinajstić information content (AvgIpc) is 2.76. The van der Waals surface area contributed by atoms with Crippen LogP contribution in [-0.4, -0.2) is 4.98 Å². The number of hydrogen-bond donors (Lipinski definition) is 0. The molecular formula is C14H10NS. The number of fused-ring (bicyclic) bond motifs is 1. The van der Waals surface area contributed by atoms with Gasteiger partial charge >= 0.3 is 0 Å². The minimum absolute atomic E-state index is 0.996. The van der Waals surface area contributed by atoms with Gasteiger partial charge in [0.1, 0.15) is 5.01 Å². The first-order chi connectivity index (χ1) is 7.84. The molecule has 1 radical (unpaired) electrons. The van der Waals surface area contributed by atoms with E-state index in [2.05, 4.69) is 30.1 Å². The summed E-state index contributed by atoms with van der Waals surface area (Å²) in [5, 5.41) is 1.06. The van der Waals surface area contributed by atoms with Crippen molar-refractivity contribution in [1.29, 1.82) is 0 Å². The Morgan fingerprint density at radius 2 is 1.75 bits per heavy atom. The Hall–Kier alpha value is -1.67. The van der Waals surface area contributed by atoms with E-state index < -0.39 is 0 Å². The van der Waals surface area contributed by atoms with Gasteiger partial charge in [0.2, 0.25) is 0 Å². The van der Waals surface area contributed by atoms with Crippen LogP contribution in [0.5, 0.6) is 0 Å². The molecule has 2 heteroatoms. The van der Waals surface area contributed by atoms with Crippen LogP contribution in [0.1, 0.15) is 5.56 Å². The van der Waals surface area contributed by atoms with Crippen LogP contribution in [0.3, 0.4) is 0 Å². The monoisotopic (exact) mass is 224 g/mol. The van der Waals surface area contributed by atoms with E-state index in [9.17, 15) is 0 Å². The summed E-state index contributed by atoms with van der Waals surface area (Å²) < 4.78 is 1.20. The summed E-state index contributed by atoms with van der Waals surface area (Å²) >= 11 is 1.71. The summed E-state index contributed by atoms with van der Waals surface area (Å²) in [4.78, 5) is 4.64. The third-order valence-electron chi connectivity index (χ3n) is 2.52. The van der Waals surface area contributed by atoms with Gasteiger partial charge in [0, 0.05) is 5.56 Å². The summed E-state index contributed by atoms with van der Waals surface area (Å²) in [6.07, 6.45) is 0. The fraction of sp³-hybridized carbons (Fsp3) is 0. The number of aromatic nitrogens is 1. The van der Waals surface area contributed by atoms with Crippen LogP contribution < -0.4 is 0 Å². The number of hydrogen-bond acceptors (Lipinski definition) is 2. The van der Waals surface area contributed by atoms with E-state index in [1.54, 1.807) is 11.3 Å². The van der Waals surface area contributed by atoms with Crippen molar-refractivity contribution in [2.24, 2.45) is 0 Å². The van der Waals surface area contributed by atoms with Crippen molar-refractivity contribution in [3.05, 3.63) is 61.0 Å². The molecule has 2 aromatic carbocycles. The third-order valence-corrected chi connectivity index (χ3v) is 3.59. The zero-order chi connectivity index (χ0) is 11.0. The Balaban J connectivity index is 2.23. The molecule has 16 heavy (non-hydrogen) atoms. The van der Waals surface area contributed by atoms with Gasteiger partial charge in [0.25, 0.3) is 0 Å². The highest BCUT2D eigenvalue weighted by molar-refractivity contribution is 7.21. The number of thiazole rings is 1. The molecule has 0 bridgehead atoms. The van der Waals surface area contributed by atoms with E-state index in [0.29, 0.717) is 0 Å². The van der Waals surface area contributed by atoms with Gasteiger partial charge in [-0.05, 0) is 18.6 Å². The van der Waals surface area contributed by atoms with Gasteiger partial charge in [-0.15, -0.1) is 11.3 Å².